The van der Waals surface area contributed by atoms with Gasteiger partial charge in [-0.05, 0) is 41.7 Å². The number of benzene rings is 1. The molecule has 0 bridgehead atoms. The number of carbonyl (C=O) groups is 2. The van der Waals surface area contributed by atoms with Crippen molar-refractivity contribution < 1.29 is 19.1 Å². The van der Waals surface area contributed by atoms with Crippen LogP contribution in [-0.2, 0) is 25.5 Å². The number of ether oxygens (including phenoxy) is 2. The van der Waals surface area contributed by atoms with Gasteiger partial charge >= 0.3 is 0 Å². The Hall–Kier alpha value is -2.77. The number of pyridine rings is 1. The Kier molecular flexibility index (Phi) is 6.11. The van der Waals surface area contributed by atoms with Crippen LogP contribution in [-0.4, -0.2) is 66.8 Å². The van der Waals surface area contributed by atoms with Gasteiger partial charge in [-0.15, -0.1) is 0 Å². The summed E-state index contributed by atoms with van der Waals surface area (Å²) in [5.41, 5.74) is 1.98. The fraction of sp³-hybridized carbons (Fsp3) is 0.435. The van der Waals surface area contributed by atoms with Gasteiger partial charge in [0.1, 0.15) is 6.61 Å². The molecule has 1 N–H and O–H groups in total. The zero-order chi connectivity index (χ0) is 21.0. The number of rotatable bonds is 7. The Morgan fingerprint density at radius 2 is 2.03 bits per heavy atom. The van der Waals surface area contributed by atoms with E-state index in [-0.39, 0.29) is 31.0 Å². The van der Waals surface area contributed by atoms with Gasteiger partial charge in [-0.2, -0.15) is 0 Å². The number of hydrogen-bond acceptors (Lipinski definition) is 5. The van der Waals surface area contributed by atoms with Crippen LogP contribution < -0.4 is 5.32 Å². The number of amides is 2. The van der Waals surface area contributed by atoms with Crippen LogP contribution in [0.3, 0.4) is 0 Å². The fourth-order valence-electron chi connectivity index (χ4n) is 3.82. The molecule has 1 saturated carbocycles. The van der Waals surface area contributed by atoms with Crippen LogP contribution in [0.2, 0.25) is 0 Å². The lowest BCUT2D eigenvalue weighted by Crippen LogP contribution is -2.62. The second-order valence-electron chi connectivity index (χ2n) is 7.95. The molecule has 2 amide bonds. The third-order valence-electron chi connectivity index (χ3n) is 5.56. The summed E-state index contributed by atoms with van der Waals surface area (Å²) in [6, 6.07) is 12.2. The lowest BCUT2D eigenvalue weighted by Gasteiger charge is -2.41. The summed E-state index contributed by atoms with van der Waals surface area (Å²) in [6.07, 6.45) is 5.89. The van der Waals surface area contributed by atoms with Crippen molar-refractivity contribution in [3.63, 3.8) is 0 Å². The number of morpholine rings is 1. The largest absolute Gasteiger partial charge is 0.375 e. The molecule has 0 radical (unpaired) electrons. The predicted molar refractivity (Wildman–Crippen MR) is 112 cm³/mol. The maximum absolute atomic E-state index is 13.2. The number of aromatic nitrogens is 1. The first-order chi connectivity index (χ1) is 14.6. The molecule has 1 aliphatic heterocycles. The summed E-state index contributed by atoms with van der Waals surface area (Å²) in [5.74, 6) is -0.274. The fourth-order valence-corrected chi connectivity index (χ4v) is 3.82. The Morgan fingerprint density at radius 1 is 1.23 bits per heavy atom. The van der Waals surface area contributed by atoms with Crippen LogP contribution in [0.5, 0.6) is 0 Å². The van der Waals surface area contributed by atoms with Crippen LogP contribution in [0.25, 0.3) is 11.1 Å². The van der Waals surface area contributed by atoms with Crippen molar-refractivity contribution in [3.05, 3.63) is 54.4 Å². The van der Waals surface area contributed by atoms with Gasteiger partial charge in [0.15, 0.2) is 5.60 Å². The molecule has 7 nitrogen and oxygen atoms in total. The summed E-state index contributed by atoms with van der Waals surface area (Å²) in [4.78, 5) is 31.4. The number of nitrogens with one attached hydrogen (secondary N) is 1. The average molecular weight is 409 g/mol. The minimum absolute atomic E-state index is 0.00213. The van der Waals surface area contributed by atoms with E-state index in [2.05, 4.69) is 16.4 Å². The van der Waals surface area contributed by atoms with Crippen molar-refractivity contribution in [2.75, 3.05) is 33.4 Å². The van der Waals surface area contributed by atoms with Crippen LogP contribution in [0.15, 0.2) is 48.8 Å². The van der Waals surface area contributed by atoms with Crippen molar-refractivity contribution in [3.8, 4) is 11.1 Å². The smallest absolute Gasteiger partial charge is 0.254 e. The highest BCUT2D eigenvalue weighted by Gasteiger charge is 2.46. The predicted octanol–water partition coefficient (Wildman–Crippen LogP) is 1.81. The molecule has 1 aromatic carbocycles. The second-order valence-corrected chi connectivity index (χ2v) is 7.95. The Bertz CT molecular complexity index is 900. The van der Waals surface area contributed by atoms with Crippen molar-refractivity contribution in [2.45, 2.75) is 30.9 Å². The van der Waals surface area contributed by atoms with E-state index in [9.17, 15) is 9.59 Å². The number of nitrogens with zero attached hydrogens (tertiary/aromatic N) is 2. The molecule has 1 saturated heterocycles. The van der Waals surface area contributed by atoms with Gasteiger partial charge in [0, 0.05) is 38.5 Å². The van der Waals surface area contributed by atoms with Gasteiger partial charge in [0.05, 0.1) is 13.2 Å². The maximum atomic E-state index is 13.2. The minimum atomic E-state index is -1.11. The molecular weight excluding hydrogens is 382 g/mol. The molecule has 1 aromatic heterocycles. The molecule has 7 heteroatoms. The van der Waals surface area contributed by atoms with E-state index < -0.39 is 5.60 Å². The highest BCUT2D eigenvalue weighted by molar-refractivity contribution is 5.88. The summed E-state index contributed by atoms with van der Waals surface area (Å²) in [6.45, 7) is 0.986. The zero-order valence-corrected chi connectivity index (χ0v) is 17.2. The van der Waals surface area contributed by atoms with E-state index in [1.165, 1.54) is 7.11 Å². The van der Waals surface area contributed by atoms with E-state index in [0.29, 0.717) is 19.6 Å². The second kappa shape index (κ2) is 8.93. The molecule has 0 unspecified atom stereocenters. The third-order valence-corrected chi connectivity index (χ3v) is 5.56. The Labute approximate surface area is 176 Å². The summed E-state index contributed by atoms with van der Waals surface area (Å²) >= 11 is 0. The van der Waals surface area contributed by atoms with Crippen molar-refractivity contribution in [2.24, 2.45) is 0 Å². The number of hydrogen-bond donors (Lipinski definition) is 1. The van der Waals surface area contributed by atoms with Gasteiger partial charge in [-0.25, -0.2) is 0 Å². The third kappa shape index (κ3) is 4.68. The highest BCUT2D eigenvalue weighted by atomic mass is 16.5. The SMILES string of the molecule is COCC(=O)N1CCO[C@@](Cc2cccc(-c3ccncc3)c2)(C(=O)NC2CC2)C1. The first-order valence-corrected chi connectivity index (χ1v) is 10.3. The van der Waals surface area contributed by atoms with Crippen molar-refractivity contribution in [1.82, 2.24) is 15.2 Å². The monoisotopic (exact) mass is 409 g/mol. The lowest BCUT2D eigenvalue weighted by atomic mass is 9.89. The molecule has 1 atom stereocenters. The minimum Gasteiger partial charge on any atom is -0.375 e. The van der Waals surface area contributed by atoms with E-state index in [1.807, 2.05) is 30.3 Å². The normalized spacial score (nSPS) is 21.3. The first kappa shape index (κ1) is 20.5. The van der Waals surface area contributed by atoms with E-state index in [4.69, 9.17) is 9.47 Å². The standard InChI is InChI=1S/C23H27N3O4/c1-29-15-21(27)26-11-12-30-23(16-26,22(28)25-20-5-6-20)14-17-3-2-4-19(13-17)18-7-9-24-10-8-18/h2-4,7-10,13,20H,5-6,11-12,14-16H2,1H3,(H,25,28)/t23-/m1/s1. The topological polar surface area (TPSA) is 80.8 Å². The molecule has 4 rings (SSSR count). The van der Waals surface area contributed by atoms with Crippen LogP contribution >= 0.6 is 0 Å². The van der Waals surface area contributed by atoms with Gasteiger partial charge in [-0.1, -0.05) is 24.3 Å². The van der Waals surface area contributed by atoms with Crippen molar-refractivity contribution in [1.29, 1.82) is 0 Å². The molecule has 2 fully saturated rings. The summed E-state index contributed by atoms with van der Waals surface area (Å²) < 4.78 is 11.1. The Balaban J connectivity index is 1.60. The maximum Gasteiger partial charge on any atom is 0.254 e. The molecule has 0 spiro atoms. The van der Waals surface area contributed by atoms with Gasteiger partial charge < -0.3 is 19.7 Å². The van der Waals surface area contributed by atoms with Crippen LogP contribution in [0, 0.1) is 0 Å². The van der Waals surface area contributed by atoms with Gasteiger partial charge in [-0.3, -0.25) is 14.6 Å². The molecule has 2 aromatic rings. The zero-order valence-electron chi connectivity index (χ0n) is 17.2. The number of carbonyl (C=O) groups excluding carboxylic acids is 2. The van der Waals surface area contributed by atoms with Gasteiger partial charge in [0.25, 0.3) is 5.91 Å². The highest BCUT2D eigenvalue weighted by Crippen LogP contribution is 2.29. The van der Waals surface area contributed by atoms with E-state index in [1.54, 1.807) is 17.3 Å². The average Bonchev–Trinajstić information content (AvgIpc) is 3.59. The molecule has 2 heterocycles. The molecule has 2 aliphatic rings. The van der Waals surface area contributed by atoms with E-state index in [0.717, 1.165) is 29.5 Å². The lowest BCUT2D eigenvalue weighted by molar-refractivity contribution is -0.167. The number of methoxy groups -OCH3 is 1. The van der Waals surface area contributed by atoms with Gasteiger partial charge in [0.2, 0.25) is 5.91 Å². The summed E-state index contributed by atoms with van der Waals surface area (Å²) in [5, 5.41) is 3.08. The van der Waals surface area contributed by atoms with E-state index >= 15 is 0 Å². The summed E-state index contributed by atoms with van der Waals surface area (Å²) in [7, 11) is 1.50. The van der Waals surface area contributed by atoms with Crippen molar-refractivity contribution >= 4 is 11.8 Å². The quantitative estimate of drug-likeness (QED) is 0.755. The Morgan fingerprint density at radius 3 is 2.77 bits per heavy atom. The molecule has 30 heavy (non-hydrogen) atoms. The molecular formula is C23H27N3O4. The first-order valence-electron chi connectivity index (χ1n) is 10.3. The molecule has 1 aliphatic carbocycles. The molecule has 158 valence electrons. The van der Waals surface area contributed by atoms with Crippen LogP contribution in [0.4, 0.5) is 0 Å². The van der Waals surface area contributed by atoms with Crippen LogP contribution in [0.1, 0.15) is 18.4 Å².